The number of thiophene rings is 1. The average molecular weight is 688 g/mol. The quantitative estimate of drug-likeness (QED) is 0.184. The van der Waals surface area contributed by atoms with Crippen molar-refractivity contribution in [2.75, 3.05) is 4.90 Å². The molecule has 240 valence electrons. The highest BCUT2D eigenvalue weighted by Gasteiger charge is 2.36. The first kappa shape index (κ1) is 28.0. The molecule has 0 unspecified atom stereocenters. The first-order valence-corrected chi connectivity index (χ1v) is 19.1. The number of rotatable bonds is 3. The average Bonchev–Trinajstić information content (AvgIpc) is 3.97. The van der Waals surface area contributed by atoms with E-state index in [1.807, 2.05) is 16.8 Å². The zero-order chi connectivity index (χ0) is 33.6. The molecule has 3 nitrogen and oxygen atoms in total. The first-order chi connectivity index (χ1) is 25.0. The summed E-state index contributed by atoms with van der Waals surface area (Å²) in [5, 5.41) is 7.73. The van der Waals surface area contributed by atoms with E-state index in [4.69, 9.17) is 4.98 Å². The number of para-hydroxylation sites is 1. The van der Waals surface area contributed by atoms with Crippen LogP contribution in [0.2, 0.25) is 0 Å². The molecule has 0 aliphatic heterocycles. The van der Waals surface area contributed by atoms with Gasteiger partial charge in [-0.25, -0.2) is 4.98 Å². The van der Waals surface area contributed by atoms with E-state index in [2.05, 4.69) is 157 Å². The van der Waals surface area contributed by atoms with Crippen molar-refractivity contribution in [3.05, 3.63) is 150 Å². The number of nitrogens with zero attached hydrogens (tertiary/aromatic N) is 3. The zero-order valence-electron chi connectivity index (χ0n) is 27.9. The van der Waals surface area contributed by atoms with E-state index < -0.39 is 0 Å². The largest absolute Gasteiger partial charge is 0.310 e. The molecule has 0 amide bonds. The summed E-state index contributed by atoms with van der Waals surface area (Å²) in [5.41, 5.74) is 15.6. The highest BCUT2D eigenvalue weighted by molar-refractivity contribution is 7.25. The smallest absolute Gasteiger partial charge is 0.0826 e. The minimum atomic E-state index is -0.0971. The number of aromatic nitrogens is 2. The molecular formula is C46H29N3S2. The third-order valence-electron chi connectivity index (χ3n) is 11.4. The molecule has 4 aromatic heterocycles. The van der Waals surface area contributed by atoms with Crippen molar-refractivity contribution in [2.24, 2.45) is 0 Å². The molecule has 5 heteroatoms. The molecule has 4 heterocycles. The maximum atomic E-state index is 4.82. The third-order valence-corrected chi connectivity index (χ3v) is 13.4. The SMILES string of the molecule is CC1(C)c2ccccc2-c2ccc(N(c3ccc4c(c3)sc3ccccc34)c3ccc4c(c3)c3cc5ncsc5c5c6ccccc6n4c35)cc21. The van der Waals surface area contributed by atoms with Crippen molar-refractivity contribution in [2.45, 2.75) is 19.3 Å². The summed E-state index contributed by atoms with van der Waals surface area (Å²) in [7, 11) is 0. The summed E-state index contributed by atoms with van der Waals surface area (Å²) in [4.78, 5) is 7.29. The van der Waals surface area contributed by atoms with Crippen LogP contribution >= 0.6 is 22.7 Å². The van der Waals surface area contributed by atoms with Gasteiger partial charge < -0.3 is 9.30 Å². The van der Waals surface area contributed by atoms with E-state index >= 15 is 0 Å². The van der Waals surface area contributed by atoms with Gasteiger partial charge in [-0.05, 0) is 82.9 Å². The van der Waals surface area contributed by atoms with Crippen molar-refractivity contribution < 1.29 is 0 Å². The molecule has 0 spiro atoms. The Hall–Kier alpha value is -5.75. The van der Waals surface area contributed by atoms with Gasteiger partial charge in [0.1, 0.15) is 0 Å². The molecule has 0 N–H and O–H groups in total. The lowest BCUT2D eigenvalue weighted by molar-refractivity contribution is 0.660. The standard InChI is InChI=1S/C46H29N3S2/c1-46(2)36-12-6-3-9-29(36)30-18-15-27(22-37(30)46)48(28-16-19-32-31-10-5-8-14-41(31)51-42(32)23-28)26-17-20-40-34(21-26)35-24-38-45(50-25-47-38)43-33-11-4-7-13-39(33)49(40)44(35)43/h3-25H,1-2H3. The Morgan fingerprint density at radius 2 is 1.27 bits per heavy atom. The minimum Gasteiger partial charge on any atom is -0.310 e. The van der Waals surface area contributed by atoms with E-state index in [1.165, 1.54) is 90.9 Å². The van der Waals surface area contributed by atoms with E-state index in [0.29, 0.717) is 0 Å². The first-order valence-electron chi connectivity index (χ1n) is 17.4. The predicted octanol–water partition coefficient (Wildman–Crippen LogP) is 13.6. The van der Waals surface area contributed by atoms with Crippen LogP contribution in [-0.4, -0.2) is 9.38 Å². The molecule has 51 heavy (non-hydrogen) atoms. The molecule has 0 fully saturated rings. The lowest BCUT2D eigenvalue weighted by atomic mass is 9.82. The number of thiazole rings is 1. The molecule has 0 saturated heterocycles. The Labute approximate surface area is 301 Å². The maximum Gasteiger partial charge on any atom is 0.0826 e. The van der Waals surface area contributed by atoms with E-state index in [1.54, 1.807) is 11.3 Å². The second kappa shape index (κ2) is 9.73. The molecule has 0 saturated carbocycles. The van der Waals surface area contributed by atoms with Crippen molar-refractivity contribution in [3.8, 4) is 11.1 Å². The third kappa shape index (κ3) is 3.59. The fourth-order valence-corrected chi connectivity index (χ4v) is 11.1. The molecule has 1 aliphatic rings. The van der Waals surface area contributed by atoms with Gasteiger partial charge in [-0.15, -0.1) is 22.7 Å². The Morgan fingerprint density at radius 1 is 0.569 bits per heavy atom. The van der Waals surface area contributed by atoms with Crippen molar-refractivity contribution in [3.63, 3.8) is 0 Å². The normalized spacial score (nSPS) is 13.8. The molecule has 12 rings (SSSR count). The van der Waals surface area contributed by atoms with Gasteiger partial charge in [0.05, 0.1) is 32.3 Å². The van der Waals surface area contributed by atoms with Crippen LogP contribution in [0.4, 0.5) is 17.1 Å². The number of hydrogen-bond donors (Lipinski definition) is 0. The van der Waals surface area contributed by atoms with Crippen molar-refractivity contribution in [1.82, 2.24) is 9.38 Å². The second-order valence-electron chi connectivity index (χ2n) is 14.4. The van der Waals surface area contributed by atoms with E-state index in [9.17, 15) is 0 Å². The van der Waals surface area contributed by atoms with Gasteiger partial charge in [0.25, 0.3) is 0 Å². The van der Waals surface area contributed by atoms with Crippen LogP contribution in [0.5, 0.6) is 0 Å². The Balaban J connectivity index is 1.14. The molecule has 11 aromatic rings. The van der Waals surface area contributed by atoms with Crippen LogP contribution in [0.25, 0.3) is 79.6 Å². The van der Waals surface area contributed by atoms with Gasteiger partial charge >= 0.3 is 0 Å². The highest BCUT2D eigenvalue weighted by Crippen LogP contribution is 2.52. The van der Waals surface area contributed by atoms with Crippen molar-refractivity contribution in [1.29, 1.82) is 0 Å². The second-order valence-corrected chi connectivity index (χ2v) is 16.4. The molecule has 0 atom stereocenters. The number of hydrogen-bond acceptors (Lipinski definition) is 4. The number of benzene rings is 7. The zero-order valence-corrected chi connectivity index (χ0v) is 29.6. The van der Waals surface area contributed by atoms with Crippen LogP contribution in [0.15, 0.2) is 139 Å². The van der Waals surface area contributed by atoms with Crippen molar-refractivity contribution >= 4 is 108 Å². The number of anilines is 3. The summed E-state index contributed by atoms with van der Waals surface area (Å²) < 4.78 is 6.35. The lowest BCUT2D eigenvalue weighted by Crippen LogP contribution is -2.16. The summed E-state index contributed by atoms with van der Waals surface area (Å²) in [6, 6.07) is 49.9. The van der Waals surface area contributed by atoms with Crippen LogP contribution < -0.4 is 4.90 Å². The van der Waals surface area contributed by atoms with E-state index in [0.717, 1.165) is 16.9 Å². The van der Waals surface area contributed by atoms with E-state index in [-0.39, 0.29) is 5.41 Å². The monoisotopic (exact) mass is 687 g/mol. The van der Waals surface area contributed by atoms with Crippen LogP contribution in [0, 0.1) is 0 Å². The minimum absolute atomic E-state index is 0.0971. The van der Waals surface area contributed by atoms with Gasteiger partial charge in [-0.2, -0.15) is 0 Å². The van der Waals surface area contributed by atoms with Gasteiger partial charge in [0.2, 0.25) is 0 Å². The molecule has 1 aliphatic carbocycles. The van der Waals surface area contributed by atoms with Crippen LogP contribution in [0.3, 0.4) is 0 Å². The van der Waals surface area contributed by atoms with Gasteiger partial charge in [-0.1, -0.05) is 86.6 Å². The maximum absolute atomic E-state index is 4.82. The summed E-state index contributed by atoms with van der Waals surface area (Å²) >= 11 is 3.61. The predicted molar refractivity (Wildman–Crippen MR) is 219 cm³/mol. The van der Waals surface area contributed by atoms with Gasteiger partial charge in [-0.3, -0.25) is 0 Å². The Morgan fingerprint density at radius 3 is 2.22 bits per heavy atom. The summed E-state index contributed by atoms with van der Waals surface area (Å²) in [6.07, 6.45) is 0. The Kier molecular flexibility index (Phi) is 5.34. The summed E-state index contributed by atoms with van der Waals surface area (Å²) in [6.45, 7) is 4.73. The fourth-order valence-electron chi connectivity index (χ4n) is 9.14. The number of fused-ring (bicyclic) bond motifs is 14. The summed E-state index contributed by atoms with van der Waals surface area (Å²) in [5.74, 6) is 0. The van der Waals surface area contributed by atoms with Gasteiger partial charge in [0.15, 0.2) is 0 Å². The lowest BCUT2D eigenvalue weighted by Gasteiger charge is -2.28. The molecule has 0 bridgehead atoms. The van der Waals surface area contributed by atoms with Crippen LogP contribution in [0.1, 0.15) is 25.0 Å². The molecule has 0 radical (unpaired) electrons. The van der Waals surface area contributed by atoms with Gasteiger partial charge in [0, 0.05) is 64.2 Å². The fraction of sp³-hybridized carbons (Fsp3) is 0.0652. The highest BCUT2D eigenvalue weighted by atomic mass is 32.1. The molecular weight excluding hydrogens is 659 g/mol. The topological polar surface area (TPSA) is 20.5 Å². The Bertz CT molecular complexity index is 3250. The molecule has 7 aromatic carbocycles. The van der Waals surface area contributed by atoms with Crippen LogP contribution in [-0.2, 0) is 5.41 Å².